The van der Waals surface area contributed by atoms with Gasteiger partial charge in [0.1, 0.15) is 0 Å². The molecule has 0 atom stereocenters. The molecular weight excluding hydrogens is 382 g/mol. The zero-order valence-corrected chi connectivity index (χ0v) is 16.4. The highest BCUT2D eigenvalue weighted by molar-refractivity contribution is 6.34. The Kier molecular flexibility index (Phi) is 6.36. The molecule has 1 N–H and O–H groups in total. The van der Waals surface area contributed by atoms with Gasteiger partial charge in [0, 0.05) is 24.7 Å². The summed E-state index contributed by atoms with van der Waals surface area (Å²) < 4.78 is 5.27. The molecule has 0 bridgehead atoms. The lowest BCUT2D eigenvalue weighted by Gasteiger charge is -2.31. The molecule has 1 aliphatic heterocycles. The van der Waals surface area contributed by atoms with Crippen LogP contribution in [0.15, 0.2) is 36.4 Å². The number of hydrogen-bond acceptors (Lipinski definition) is 5. The molecule has 0 spiro atoms. The standard InChI is InChI=1S/C20H22ClN3O4/c1-2-28-18-10-9-14(13-17(18)24(26)27)20(25)22-16-8-6-7-15(21)19(16)23-11-4-3-5-12-23/h6-10,13H,2-5,11-12H2,1H3,(H,22,25). The van der Waals surface area contributed by atoms with Crippen molar-refractivity contribution >= 4 is 34.6 Å². The number of anilines is 2. The number of nitro groups is 1. The summed E-state index contributed by atoms with van der Waals surface area (Å²) in [5, 5.41) is 14.7. The van der Waals surface area contributed by atoms with Crippen molar-refractivity contribution in [1.29, 1.82) is 0 Å². The normalized spacial score (nSPS) is 13.9. The van der Waals surface area contributed by atoms with E-state index in [-0.39, 0.29) is 17.0 Å². The number of benzene rings is 2. The Balaban J connectivity index is 1.88. The number of rotatable bonds is 6. The second kappa shape index (κ2) is 8.93. The number of ether oxygens (including phenoxy) is 1. The van der Waals surface area contributed by atoms with Crippen LogP contribution in [0.25, 0.3) is 0 Å². The highest BCUT2D eigenvalue weighted by atomic mass is 35.5. The lowest BCUT2D eigenvalue weighted by atomic mass is 10.1. The van der Waals surface area contributed by atoms with Crippen LogP contribution in [0.5, 0.6) is 5.75 Å². The Morgan fingerprint density at radius 1 is 1.25 bits per heavy atom. The summed E-state index contributed by atoms with van der Waals surface area (Å²) in [5.74, 6) is -0.299. The van der Waals surface area contributed by atoms with Crippen molar-refractivity contribution in [2.45, 2.75) is 26.2 Å². The predicted molar refractivity (Wildman–Crippen MR) is 110 cm³/mol. The van der Waals surface area contributed by atoms with Crippen molar-refractivity contribution in [3.63, 3.8) is 0 Å². The van der Waals surface area contributed by atoms with Gasteiger partial charge in [0.25, 0.3) is 5.91 Å². The Labute approximate surface area is 168 Å². The predicted octanol–water partition coefficient (Wildman–Crippen LogP) is 4.89. The molecule has 0 unspecified atom stereocenters. The minimum atomic E-state index is -0.555. The quantitative estimate of drug-likeness (QED) is 0.548. The van der Waals surface area contributed by atoms with E-state index in [0.29, 0.717) is 17.3 Å². The van der Waals surface area contributed by atoms with Crippen LogP contribution in [-0.2, 0) is 0 Å². The third-order valence-electron chi connectivity index (χ3n) is 4.62. The van der Waals surface area contributed by atoms with E-state index in [2.05, 4.69) is 10.2 Å². The maximum absolute atomic E-state index is 12.8. The number of carbonyl (C=O) groups is 1. The first-order chi connectivity index (χ1) is 13.5. The van der Waals surface area contributed by atoms with Gasteiger partial charge in [0.2, 0.25) is 0 Å². The number of halogens is 1. The van der Waals surface area contributed by atoms with E-state index < -0.39 is 10.8 Å². The maximum atomic E-state index is 12.8. The second-order valence-corrected chi connectivity index (χ2v) is 6.92. The maximum Gasteiger partial charge on any atom is 0.311 e. The number of nitro benzene ring substituents is 1. The number of piperidine rings is 1. The van der Waals surface area contributed by atoms with Gasteiger partial charge in [-0.3, -0.25) is 14.9 Å². The third-order valence-corrected chi connectivity index (χ3v) is 4.93. The van der Waals surface area contributed by atoms with E-state index in [9.17, 15) is 14.9 Å². The lowest BCUT2D eigenvalue weighted by Crippen LogP contribution is -2.30. The van der Waals surface area contributed by atoms with Gasteiger partial charge in [0.05, 0.1) is 27.9 Å². The van der Waals surface area contributed by atoms with Crippen molar-refractivity contribution < 1.29 is 14.5 Å². The van der Waals surface area contributed by atoms with E-state index in [1.165, 1.54) is 24.6 Å². The van der Waals surface area contributed by atoms with E-state index in [4.69, 9.17) is 16.3 Å². The number of hydrogen-bond donors (Lipinski definition) is 1. The van der Waals surface area contributed by atoms with Gasteiger partial charge in [-0.15, -0.1) is 0 Å². The van der Waals surface area contributed by atoms with Gasteiger partial charge >= 0.3 is 5.69 Å². The van der Waals surface area contributed by atoms with E-state index in [1.807, 2.05) is 0 Å². The molecule has 3 rings (SSSR count). The minimum Gasteiger partial charge on any atom is -0.487 e. The number of nitrogens with one attached hydrogen (secondary N) is 1. The SMILES string of the molecule is CCOc1ccc(C(=O)Nc2cccc(Cl)c2N2CCCCC2)cc1[N+](=O)[O-]. The summed E-state index contributed by atoms with van der Waals surface area (Å²) in [6.45, 7) is 3.79. The molecule has 7 nitrogen and oxygen atoms in total. The number of nitrogens with zero attached hydrogens (tertiary/aromatic N) is 2. The van der Waals surface area contributed by atoms with Gasteiger partial charge in [-0.25, -0.2) is 0 Å². The van der Waals surface area contributed by atoms with Gasteiger partial charge in [-0.05, 0) is 50.5 Å². The van der Waals surface area contributed by atoms with Crippen LogP contribution in [0, 0.1) is 10.1 Å². The molecule has 1 aliphatic rings. The van der Waals surface area contributed by atoms with Crippen LogP contribution in [0.4, 0.5) is 17.1 Å². The van der Waals surface area contributed by atoms with Crippen LogP contribution in [0.2, 0.25) is 5.02 Å². The van der Waals surface area contributed by atoms with Crippen LogP contribution >= 0.6 is 11.6 Å². The molecule has 2 aromatic carbocycles. The molecule has 148 valence electrons. The first-order valence-electron chi connectivity index (χ1n) is 9.27. The molecule has 1 saturated heterocycles. The molecule has 0 radical (unpaired) electrons. The van der Waals surface area contributed by atoms with Crippen molar-refractivity contribution in [2.24, 2.45) is 0 Å². The lowest BCUT2D eigenvalue weighted by molar-refractivity contribution is -0.385. The smallest absolute Gasteiger partial charge is 0.311 e. The van der Waals surface area contributed by atoms with Crippen LogP contribution < -0.4 is 15.0 Å². The average Bonchev–Trinajstić information content (AvgIpc) is 2.69. The van der Waals surface area contributed by atoms with E-state index in [0.717, 1.165) is 31.6 Å². The second-order valence-electron chi connectivity index (χ2n) is 6.51. The molecule has 0 aliphatic carbocycles. The van der Waals surface area contributed by atoms with Gasteiger partial charge < -0.3 is 15.0 Å². The first-order valence-corrected chi connectivity index (χ1v) is 9.65. The highest BCUT2D eigenvalue weighted by Gasteiger charge is 2.22. The monoisotopic (exact) mass is 403 g/mol. The highest BCUT2D eigenvalue weighted by Crippen LogP contribution is 2.36. The van der Waals surface area contributed by atoms with Gasteiger partial charge in [-0.1, -0.05) is 17.7 Å². The number of para-hydroxylation sites is 1. The Bertz CT molecular complexity index is 882. The molecule has 8 heteroatoms. The largest absolute Gasteiger partial charge is 0.487 e. The molecule has 0 saturated carbocycles. The Morgan fingerprint density at radius 3 is 2.68 bits per heavy atom. The topological polar surface area (TPSA) is 84.7 Å². The van der Waals surface area contributed by atoms with Gasteiger partial charge in [-0.2, -0.15) is 0 Å². The van der Waals surface area contributed by atoms with Crippen molar-refractivity contribution in [3.8, 4) is 5.75 Å². The van der Waals surface area contributed by atoms with Crippen LogP contribution in [-0.4, -0.2) is 30.5 Å². The molecule has 0 aromatic heterocycles. The molecule has 28 heavy (non-hydrogen) atoms. The van der Waals surface area contributed by atoms with E-state index >= 15 is 0 Å². The molecule has 1 fully saturated rings. The average molecular weight is 404 g/mol. The molecule has 1 heterocycles. The molecule has 2 aromatic rings. The molecule has 1 amide bonds. The molecular formula is C20H22ClN3O4. The summed E-state index contributed by atoms with van der Waals surface area (Å²) in [5.41, 5.74) is 1.32. The summed E-state index contributed by atoms with van der Waals surface area (Å²) >= 11 is 6.42. The third kappa shape index (κ3) is 4.36. The fourth-order valence-corrected chi connectivity index (χ4v) is 3.62. The number of carbonyl (C=O) groups excluding carboxylic acids is 1. The van der Waals surface area contributed by atoms with Crippen molar-refractivity contribution in [1.82, 2.24) is 0 Å². The zero-order valence-electron chi connectivity index (χ0n) is 15.6. The van der Waals surface area contributed by atoms with E-state index in [1.54, 1.807) is 25.1 Å². The fraction of sp³-hybridized carbons (Fsp3) is 0.350. The van der Waals surface area contributed by atoms with Crippen molar-refractivity contribution in [2.75, 3.05) is 29.9 Å². The summed E-state index contributed by atoms with van der Waals surface area (Å²) in [6.07, 6.45) is 3.33. The summed E-state index contributed by atoms with van der Waals surface area (Å²) in [6, 6.07) is 9.54. The number of amides is 1. The Morgan fingerprint density at radius 2 is 2.00 bits per heavy atom. The summed E-state index contributed by atoms with van der Waals surface area (Å²) in [4.78, 5) is 25.7. The zero-order chi connectivity index (χ0) is 20.1. The first kappa shape index (κ1) is 19.9. The minimum absolute atomic E-state index is 0.140. The van der Waals surface area contributed by atoms with Gasteiger partial charge in [0.15, 0.2) is 5.75 Å². The van der Waals surface area contributed by atoms with Crippen LogP contribution in [0.3, 0.4) is 0 Å². The fourth-order valence-electron chi connectivity index (χ4n) is 3.33. The van der Waals surface area contributed by atoms with Crippen LogP contribution in [0.1, 0.15) is 36.5 Å². The Hall–Kier alpha value is -2.80. The summed E-state index contributed by atoms with van der Waals surface area (Å²) in [7, 11) is 0. The van der Waals surface area contributed by atoms with Crippen molar-refractivity contribution in [3.05, 3.63) is 57.1 Å².